The molecule has 0 bridgehead atoms. The second-order valence-electron chi connectivity index (χ2n) is 5.08. The van der Waals surface area contributed by atoms with Crippen LogP contribution in [0.5, 0.6) is 0 Å². The molecule has 2 aromatic rings. The van der Waals surface area contributed by atoms with Crippen LogP contribution in [-0.4, -0.2) is 32.2 Å². The molecular formula is C17H17FN2O2. The number of amides is 1. The van der Waals surface area contributed by atoms with E-state index >= 15 is 0 Å². The molecule has 5 heteroatoms. The second kappa shape index (κ2) is 6.58. The minimum atomic E-state index is -0.443. The molecule has 4 nitrogen and oxygen atoms in total. The summed E-state index contributed by atoms with van der Waals surface area (Å²) in [5.41, 5.74) is 1.57. The Morgan fingerprint density at radius 3 is 2.55 bits per heavy atom. The minimum Gasteiger partial charge on any atom is -0.378 e. The van der Waals surface area contributed by atoms with Gasteiger partial charge < -0.3 is 15.0 Å². The van der Waals surface area contributed by atoms with Crippen molar-refractivity contribution in [1.29, 1.82) is 0 Å². The summed E-state index contributed by atoms with van der Waals surface area (Å²) < 4.78 is 19.3. The quantitative estimate of drug-likeness (QED) is 0.947. The molecule has 0 unspecified atom stereocenters. The van der Waals surface area contributed by atoms with E-state index in [4.69, 9.17) is 4.74 Å². The van der Waals surface area contributed by atoms with Crippen LogP contribution in [0.25, 0.3) is 0 Å². The molecule has 0 atom stereocenters. The molecule has 0 aliphatic carbocycles. The van der Waals surface area contributed by atoms with E-state index in [1.807, 2.05) is 6.07 Å². The summed E-state index contributed by atoms with van der Waals surface area (Å²) in [6.45, 7) is 2.83. The molecule has 2 aromatic carbocycles. The number of anilines is 2. The predicted octanol–water partition coefficient (Wildman–Crippen LogP) is 2.91. The largest absolute Gasteiger partial charge is 0.378 e. The van der Waals surface area contributed by atoms with E-state index in [1.165, 1.54) is 6.07 Å². The first-order valence-electron chi connectivity index (χ1n) is 7.23. The summed E-state index contributed by atoms with van der Waals surface area (Å²) in [6.07, 6.45) is 0. The summed E-state index contributed by atoms with van der Waals surface area (Å²) in [6, 6.07) is 13.5. The molecule has 22 heavy (non-hydrogen) atoms. The highest BCUT2D eigenvalue weighted by Crippen LogP contribution is 2.24. The number of hydrogen-bond donors (Lipinski definition) is 1. The van der Waals surface area contributed by atoms with E-state index in [9.17, 15) is 9.18 Å². The number of halogens is 1. The van der Waals surface area contributed by atoms with Crippen molar-refractivity contribution in [3.05, 3.63) is 59.9 Å². The molecular weight excluding hydrogens is 283 g/mol. The van der Waals surface area contributed by atoms with Gasteiger partial charge in [0.15, 0.2) is 0 Å². The third kappa shape index (κ3) is 3.26. The van der Waals surface area contributed by atoms with Gasteiger partial charge >= 0.3 is 0 Å². The number of nitrogens with one attached hydrogen (secondary N) is 1. The maximum absolute atomic E-state index is 14.0. The Kier molecular flexibility index (Phi) is 4.34. The van der Waals surface area contributed by atoms with Gasteiger partial charge in [-0.15, -0.1) is 0 Å². The summed E-state index contributed by atoms with van der Waals surface area (Å²) in [5, 5.41) is 2.63. The summed E-state index contributed by atoms with van der Waals surface area (Å²) >= 11 is 0. The van der Waals surface area contributed by atoms with Crippen molar-refractivity contribution >= 4 is 17.3 Å². The molecule has 1 amide bonds. The van der Waals surface area contributed by atoms with Crippen LogP contribution in [0.1, 0.15) is 10.4 Å². The van der Waals surface area contributed by atoms with Crippen LogP contribution < -0.4 is 10.2 Å². The molecule has 114 valence electrons. The minimum absolute atomic E-state index is 0.192. The predicted molar refractivity (Wildman–Crippen MR) is 83.8 cm³/mol. The molecule has 3 rings (SSSR count). The number of morpholine rings is 1. The fraction of sp³-hybridized carbons (Fsp3) is 0.235. The van der Waals surface area contributed by atoms with E-state index in [0.717, 1.165) is 18.8 Å². The van der Waals surface area contributed by atoms with Gasteiger partial charge in [-0.2, -0.15) is 0 Å². The van der Waals surface area contributed by atoms with Crippen LogP contribution in [0.4, 0.5) is 15.8 Å². The summed E-state index contributed by atoms with van der Waals surface area (Å²) in [5.74, 6) is -0.764. The van der Waals surface area contributed by atoms with Crippen molar-refractivity contribution in [2.75, 3.05) is 36.5 Å². The number of benzene rings is 2. The number of rotatable bonds is 3. The van der Waals surface area contributed by atoms with Crippen molar-refractivity contribution in [2.45, 2.75) is 0 Å². The fourth-order valence-electron chi connectivity index (χ4n) is 2.41. The van der Waals surface area contributed by atoms with Gasteiger partial charge in [-0.25, -0.2) is 4.39 Å². The Balaban J connectivity index is 1.79. The number of ether oxygens (including phenoxy) is 1. The normalized spacial score (nSPS) is 14.7. The average Bonchev–Trinajstić information content (AvgIpc) is 2.58. The smallest absolute Gasteiger partial charge is 0.255 e. The third-order valence-electron chi connectivity index (χ3n) is 3.61. The van der Waals surface area contributed by atoms with E-state index in [-0.39, 0.29) is 11.6 Å². The topological polar surface area (TPSA) is 41.6 Å². The maximum atomic E-state index is 14.0. The van der Waals surface area contributed by atoms with Gasteiger partial charge in [0, 0.05) is 24.3 Å². The first-order chi connectivity index (χ1) is 10.7. The molecule has 0 spiro atoms. The van der Waals surface area contributed by atoms with Crippen LogP contribution in [-0.2, 0) is 4.74 Å². The van der Waals surface area contributed by atoms with Gasteiger partial charge in [-0.1, -0.05) is 18.2 Å². The summed E-state index contributed by atoms with van der Waals surface area (Å²) in [7, 11) is 0. The molecule has 1 aliphatic rings. The SMILES string of the molecule is O=C(Nc1cc(N2CCOCC2)ccc1F)c1ccccc1. The first kappa shape index (κ1) is 14.5. The van der Waals surface area contributed by atoms with Gasteiger partial charge in [-0.3, -0.25) is 4.79 Å². The molecule has 0 radical (unpaired) electrons. The lowest BCUT2D eigenvalue weighted by molar-refractivity contribution is 0.102. The van der Waals surface area contributed by atoms with Crippen LogP contribution in [0.2, 0.25) is 0 Å². The average molecular weight is 300 g/mol. The maximum Gasteiger partial charge on any atom is 0.255 e. The van der Waals surface area contributed by atoms with Crippen LogP contribution in [0.15, 0.2) is 48.5 Å². The Morgan fingerprint density at radius 1 is 1.09 bits per heavy atom. The Hall–Kier alpha value is -2.40. The van der Waals surface area contributed by atoms with Gasteiger partial charge in [0.05, 0.1) is 18.9 Å². The lowest BCUT2D eigenvalue weighted by Gasteiger charge is -2.29. The highest BCUT2D eigenvalue weighted by atomic mass is 19.1. The monoisotopic (exact) mass is 300 g/mol. The molecule has 0 aromatic heterocycles. The number of carbonyl (C=O) groups excluding carboxylic acids is 1. The molecule has 1 aliphatic heterocycles. The molecule has 0 saturated carbocycles. The van der Waals surface area contributed by atoms with E-state index < -0.39 is 5.82 Å². The van der Waals surface area contributed by atoms with Crippen molar-refractivity contribution in [3.63, 3.8) is 0 Å². The Labute approximate surface area is 128 Å². The Bertz CT molecular complexity index is 655. The van der Waals surface area contributed by atoms with Crippen molar-refractivity contribution in [2.24, 2.45) is 0 Å². The van der Waals surface area contributed by atoms with Crippen molar-refractivity contribution < 1.29 is 13.9 Å². The highest BCUT2D eigenvalue weighted by molar-refractivity contribution is 6.04. The van der Waals surface area contributed by atoms with E-state index in [0.29, 0.717) is 18.8 Å². The lowest BCUT2D eigenvalue weighted by atomic mass is 10.2. The standard InChI is InChI=1S/C17H17FN2O2/c18-15-7-6-14(20-8-10-22-11-9-20)12-16(15)19-17(21)13-4-2-1-3-5-13/h1-7,12H,8-11H2,(H,19,21). The third-order valence-corrected chi connectivity index (χ3v) is 3.61. The van der Waals surface area contributed by atoms with Gasteiger partial charge in [0.2, 0.25) is 0 Å². The number of hydrogen-bond acceptors (Lipinski definition) is 3. The molecule has 1 saturated heterocycles. The zero-order chi connectivity index (χ0) is 15.4. The van der Waals surface area contributed by atoms with Gasteiger partial charge in [0.25, 0.3) is 5.91 Å². The van der Waals surface area contributed by atoms with Crippen molar-refractivity contribution in [3.8, 4) is 0 Å². The van der Waals surface area contributed by atoms with E-state index in [1.54, 1.807) is 36.4 Å². The van der Waals surface area contributed by atoms with Crippen LogP contribution >= 0.6 is 0 Å². The highest BCUT2D eigenvalue weighted by Gasteiger charge is 2.15. The van der Waals surface area contributed by atoms with E-state index in [2.05, 4.69) is 10.2 Å². The zero-order valence-corrected chi connectivity index (χ0v) is 12.1. The fourth-order valence-corrected chi connectivity index (χ4v) is 2.41. The van der Waals surface area contributed by atoms with Gasteiger partial charge in [-0.05, 0) is 30.3 Å². The zero-order valence-electron chi connectivity index (χ0n) is 12.1. The molecule has 1 N–H and O–H groups in total. The number of nitrogens with zero attached hydrogens (tertiary/aromatic N) is 1. The van der Waals surface area contributed by atoms with Crippen LogP contribution in [0, 0.1) is 5.82 Å². The van der Waals surface area contributed by atoms with Crippen molar-refractivity contribution in [1.82, 2.24) is 0 Å². The Morgan fingerprint density at radius 2 is 1.82 bits per heavy atom. The second-order valence-corrected chi connectivity index (χ2v) is 5.08. The number of carbonyl (C=O) groups is 1. The van der Waals surface area contributed by atoms with Crippen LogP contribution in [0.3, 0.4) is 0 Å². The van der Waals surface area contributed by atoms with Gasteiger partial charge in [0.1, 0.15) is 5.82 Å². The first-order valence-corrected chi connectivity index (χ1v) is 7.23. The molecule has 1 heterocycles. The molecule has 1 fully saturated rings. The lowest BCUT2D eigenvalue weighted by Crippen LogP contribution is -2.36. The summed E-state index contributed by atoms with van der Waals surface area (Å²) in [4.78, 5) is 14.3.